The van der Waals surface area contributed by atoms with Crippen molar-refractivity contribution in [3.05, 3.63) is 58.0 Å². The summed E-state index contributed by atoms with van der Waals surface area (Å²) in [7, 11) is 0. The number of rotatable bonds is 4. The summed E-state index contributed by atoms with van der Waals surface area (Å²) >= 11 is 0. The van der Waals surface area contributed by atoms with Crippen LogP contribution in [0.5, 0.6) is 0 Å². The predicted molar refractivity (Wildman–Crippen MR) is 111 cm³/mol. The van der Waals surface area contributed by atoms with Crippen LogP contribution >= 0.6 is 0 Å². The summed E-state index contributed by atoms with van der Waals surface area (Å²) in [6, 6.07) is 8.97. The zero-order chi connectivity index (χ0) is 19.4. The molecule has 0 atom stereocenters. The Bertz CT molecular complexity index is 681. The summed E-state index contributed by atoms with van der Waals surface area (Å²) in [5, 5.41) is 0. The van der Waals surface area contributed by atoms with Crippen LogP contribution in [0.2, 0.25) is 0 Å². The number of aryl methyl sites for hydroxylation is 2. The molecule has 0 aliphatic carbocycles. The van der Waals surface area contributed by atoms with Gasteiger partial charge in [0.25, 0.3) is 0 Å². The van der Waals surface area contributed by atoms with Crippen molar-refractivity contribution in [2.24, 2.45) is 0 Å². The second kappa shape index (κ2) is 8.25. The van der Waals surface area contributed by atoms with Gasteiger partial charge in [0.1, 0.15) is 11.5 Å². The Balaban J connectivity index is 0.00000151. The Morgan fingerprint density at radius 3 is 1.92 bits per heavy atom. The lowest BCUT2D eigenvalue weighted by molar-refractivity contribution is 0.476. The molecule has 0 saturated heterocycles. The largest absolute Gasteiger partial charge is 0.466 e. The van der Waals surface area contributed by atoms with Gasteiger partial charge in [-0.15, -0.1) is 0 Å². The smallest absolute Gasteiger partial charge is 0.108 e. The molecule has 0 saturated carbocycles. The summed E-state index contributed by atoms with van der Waals surface area (Å²) in [5.41, 5.74) is 6.04. The van der Waals surface area contributed by atoms with E-state index in [0.717, 1.165) is 24.4 Å². The average molecular weight is 343 g/mol. The number of benzene rings is 1. The number of hydrogen-bond donors (Lipinski definition) is 0. The fourth-order valence-corrected chi connectivity index (χ4v) is 3.08. The van der Waals surface area contributed by atoms with Crippen LogP contribution in [-0.2, 0) is 17.3 Å². The molecule has 0 spiro atoms. The van der Waals surface area contributed by atoms with Gasteiger partial charge in [-0.3, -0.25) is 0 Å². The summed E-state index contributed by atoms with van der Waals surface area (Å²) < 4.78 is 5.79. The van der Waals surface area contributed by atoms with Crippen molar-refractivity contribution in [3.63, 3.8) is 0 Å². The second-order valence-electron chi connectivity index (χ2n) is 8.50. The minimum atomic E-state index is 0.159. The zero-order valence-electron chi connectivity index (χ0n) is 18.1. The van der Waals surface area contributed by atoms with Crippen LogP contribution in [0.3, 0.4) is 0 Å². The molecule has 140 valence electrons. The minimum Gasteiger partial charge on any atom is -0.466 e. The first-order valence-electron chi connectivity index (χ1n) is 9.74. The van der Waals surface area contributed by atoms with Crippen LogP contribution in [0, 0.1) is 13.8 Å². The molecule has 1 heteroatoms. The van der Waals surface area contributed by atoms with Crippen molar-refractivity contribution in [3.8, 4) is 0 Å². The highest BCUT2D eigenvalue weighted by Crippen LogP contribution is 2.38. The zero-order valence-corrected chi connectivity index (χ0v) is 18.1. The first-order chi connectivity index (χ1) is 11.5. The Morgan fingerprint density at radius 1 is 0.880 bits per heavy atom. The molecule has 0 N–H and O–H groups in total. The Morgan fingerprint density at radius 2 is 1.48 bits per heavy atom. The number of hydrogen-bond acceptors (Lipinski definition) is 1. The maximum atomic E-state index is 5.79. The van der Waals surface area contributed by atoms with Gasteiger partial charge in [0, 0.05) is 6.42 Å². The highest BCUT2D eigenvalue weighted by atomic mass is 16.3. The van der Waals surface area contributed by atoms with Crippen LogP contribution in [-0.4, -0.2) is 0 Å². The molecular formula is C24H38O. The Hall–Kier alpha value is -1.50. The first kappa shape index (κ1) is 21.5. The van der Waals surface area contributed by atoms with Crippen LogP contribution in [0.1, 0.15) is 95.6 Å². The third-order valence-electron chi connectivity index (χ3n) is 5.06. The molecule has 0 amide bonds. The lowest BCUT2D eigenvalue weighted by Gasteiger charge is -2.33. The van der Waals surface area contributed by atoms with E-state index in [1.807, 2.05) is 26.8 Å². The quantitative estimate of drug-likeness (QED) is 0.560. The molecule has 2 aromatic rings. The molecule has 0 radical (unpaired) electrons. The van der Waals surface area contributed by atoms with Crippen molar-refractivity contribution >= 4 is 0 Å². The fraction of sp³-hybridized carbons (Fsp3) is 0.583. The van der Waals surface area contributed by atoms with Gasteiger partial charge in [0.05, 0.1) is 0 Å². The van der Waals surface area contributed by atoms with Crippen LogP contribution < -0.4 is 0 Å². The Kier molecular flexibility index (Phi) is 7.11. The van der Waals surface area contributed by atoms with E-state index in [-0.39, 0.29) is 10.8 Å². The molecule has 25 heavy (non-hydrogen) atoms. The van der Waals surface area contributed by atoms with E-state index >= 15 is 0 Å². The van der Waals surface area contributed by atoms with E-state index < -0.39 is 0 Å². The monoisotopic (exact) mass is 342 g/mol. The van der Waals surface area contributed by atoms with Crippen LogP contribution in [0.25, 0.3) is 0 Å². The summed E-state index contributed by atoms with van der Waals surface area (Å²) in [4.78, 5) is 0. The summed E-state index contributed by atoms with van der Waals surface area (Å²) in [6.45, 7) is 22.2. The van der Waals surface area contributed by atoms with Gasteiger partial charge < -0.3 is 4.42 Å². The standard InChI is InChI=1S/C22H32O.C2H6/c1-9-22(7,8)20-14-17(13-18-11-10-16(3)23-18)15(2)12-19(20)21(4,5)6;1-2/h10-12,14H,9,13H2,1-8H3;1-2H3. The van der Waals surface area contributed by atoms with E-state index in [1.54, 1.807) is 0 Å². The van der Waals surface area contributed by atoms with Crippen molar-refractivity contribution in [2.45, 2.75) is 92.9 Å². The van der Waals surface area contributed by atoms with E-state index in [1.165, 1.54) is 22.3 Å². The second-order valence-corrected chi connectivity index (χ2v) is 8.50. The summed E-state index contributed by atoms with van der Waals surface area (Å²) in [6.07, 6.45) is 2.01. The lowest BCUT2D eigenvalue weighted by Crippen LogP contribution is -2.24. The fourth-order valence-electron chi connectivity index (χ4n) is 3.08. The molecule has 0 unspecified atom stereocenters. The van der Waals surface area contributed by atoms with Gasteiger partial charge in [-0.2, -0.15) is 0 Å². The molecule has 1 aromatic heterocycles. The van der Waals surface area contributed by atoms with Crippen LogP contribution in [0.15, 0.2) is 28.7 Å². The van der Waals surface area contributed by atoms with Crippen molar-refractivity contribution in [2.75, 3.05) is 0 Å². The molecule has 0 fully saturated rings. The lowest BCUT2D eigenvalue weighted by atomic mass is 9.71. The van der Waals surface area contributed by atoms with Gasteiger partial charge in [-0.1, -0.05) is 67.5 Å². The van der Waals surface area contributed by atoms with Crippen molar-refractivity contribution in [1.82, 2.24) is 0 Å². The average Bonchev–Trinajstić information content (AvgIpc) is 2.95. The molecule has 0 aliphatic heterocycles. The number of furan rings is 1. The van der Waals surface area contributed by atoms with E-state index in [9.17, 15) is 0 Å². The van der Waals surface area contributed by atoms with Gasteiger partial charge in [0.15, 0.2) is 0 Å². The third kappa shape index (κ3) is 5.23. The minimum absolute atomic E-state index is 0.159. The molecule has 1 heterocycles. The van der Waals surface area contributed by atoms with E-state index in [2.05, 4.69) is 66.7 Å². The van der Waals surface area contributed by atoms with Crippen molar-refractivity contribution < 1.29 is 4.42 Å². The highest BCUT2D eigenvalue weighted by molar-refractivity contribution is 5.45. The van der Waals surface area contributed by atoms with Crippen molar-refractivity contribution in [1.29, 1.82) is 0 Å². The van der Waals surface area contributed by atoms with Gasteiger partial charge in [-0.25, -0.2) is 0 Å². The van der Waals surface area contributed by atoms with Gasteiger partial charge >= 0.3 is 0 Å². The van der Waals surface area contributed by atoms with E-state index in [4.69, 9.17) is 4.42 Å². The van der Waals surface area contributed by atoms with Gasteiger partial charge in [-0.05, 0) is 65.5 Å². The molecule has 0 aliphatic rings. The molecule has 1 aromatic carbocycles. The third-order valence-corrected chi connectivity index (χ3v) is 5.06. The normalized spacial score (nSPS) is 11.9. The van der Waals surface area contributed by atoms with E-state index in [0.29, 0.717) is 0 Å². The topological polar surface area (TPSA) is 13.1 Å². The highest BCUT2D eigenvalue weighted by Gasteiger charge is 2.28. The SMILES string of the molecule is CC.CCC(C)(C)c1cc(Cc2ccc(C)o2)c(C)cc1C(C)(C)C. The molecular weight excluding hydrogens is 304 g/mol. The molecule has 1 nitrogen and oxygen atoms in total. The van der Waals surface area contributed by atoms with Gasteiger partial charge in [0.2, 0.25) is 0 Å². The maximum absolute atomic E-state index is 5.79. The summed E-state index contributed by atoms with van der Waals surface area (Å²) in [5.74, 6) is 2.03. The predicted octanol–water partition coefficient (Wildman–Crippen LogP) is 7.50. The molecule has 2 rings (SSSR count). The molecule has 0 bridgehead atoms. The maximum Gasteiger partial charge on any atom is 0.108 e. The first-order valence-corrected chi connectivity index (χ1v) is 9.74. The van der Waals surface area contributed by atoms with Crippen LogP contribution in [0.4, 0.5) is 0 Å². The Labute approximate surface area is 155 Å².